The molecule has 0 saturated heterocycles. The van der Waals surface area contributed by atoms with Gasteiger partial charge < -0.3 is 4.74 Å². The van der Waals surface area contributed by atoms with E-state index in [0.29, 0.717) is 17.4 Å². The minimum atomic E-state index is 0.379. The molecule has 0 atom stereocenters. The average molecular weight is 290 g/mol. The summed E-state index contributed by atoms with van der Waals surface area (Å²) in [6.07, 6.45) is 1.78. The molecule has 0 unspecified atom stereocenters. The van der Waals surface area contributed by atoms with E-state index in [1.165, 1.54) is 0 Å². The maximum atomic E-state index is 5.78. The van der Waals surface area contributed by atoms with Gasteiger partial charge in [0.15, 0.2) is 0 Å². The van der Waals surface area contributed by atoms with Gasteiger partial charge in [-0.3, -0.25) is 0 Å². The fourth-order valence-corrected chi connectivity index (χ4v) is 2.05. The summed E-state index contributed by atoms with van der Waals surface area (Å²) in [5, 5.41) is 1.68. The minimum absolute atomic E-state index is 0.379. The first-order chi connectivity index (χ1) is 9.34. The molecule has 1 aromatic carbocycles. The number of ether oxygens (including phenoxy) is 1. The Morgan fingerprint density at radius 3 is 2.68 bits per heavy atom. The van der Waals surface area contributed by atoms with Crippen molar-refractivity contribution in [3.05, 3.63) is 53.7 Å². The van der Waals surface area contributed by atoms with Crippen LogP contribution in [-0.4, -0.2) is 17.3 Å². The van der Waals surface area contributed by atoms with Crippen molar-refractivity contribution in [3.63, 3.8) is 0 Å². The Bertz CT molecular complexity index is 560. The van der Waals surface area contributed by atoms with E-state index >= 15 is 0 Å². The summed E-state index contributed by atoms with van der Waals surface area (Å²) in [6.45, 7) is 0.379. The smallest absolute Gasteiger partial charge is 0.149 e. The summed E-state index contributed by atoms with van der Waals surface area (Å²) in [7, 11) is 0. The second-order valence-corrected chi connectivity index (χ2v) is 4.98. The van der Waals surface area contributed by atoms with Crippen molar-refractivity contribution >= 4 is 23.4 Å². The van der Waals surface area contributed by atoms with Crippen LogP contribution >= 0.6 is 23.4 Å². The van der Waals surface area contributed by atoms with Crippen LogP contribution in [0.25, 0.3) is 0 Å². The Balaban J connectivity index is 1.69. The lowest BCUT2D eigenvalue weighted by molar-refractivity contribution is 0.370. The molecular formula is C15H12ClNOS. The number of pyridine rings is 1. The van der Waals surface area contributed by atoms with Gasteiger partial charge in [0.1, 0.15) is 12.4 Å². The predicted octanol–water partition coefficient (Wildman–Crippen LogP) is 3.91. The summed E-state index contributed by atoms with van der Waals surface area (Å²) < 4.78 is 5.46. The highest BCUT2D eigenvalue weighted by molar-refractivity contribution is 7.99. The highest BCUT2D eigenvalue weighted by atomic mass is 35.5. The lowest BCUT2D eigenvalue weighted by atomic mass is 10.3. The van der Waals surface area contributed by atoms with E-state index < -0.39 is 0 Å². The Hall–Kier alpha value is -1.63. The first-order valence-corrected chi connectivity index (χ1v) is 7.09. The van der Waals surface area contributed by atoms with Gasteiger partial charge >= 0.3 is 0 Å². The van der Waals surface area contributed by atoms with E-state index in [4.69, 9.17) is 16.3 Å². The molecule has 0 spiro atoms. The lowest BCUT2D eigenvalue weighted by Gasteiger charge is -2.00. The van der Waals surface area contributed by atoms with Gasteiger partial charge in [0.2, 0.25) is 0 Å². The largest absolute Gasteiger partial charge is 0.481 e. The van der Waals surface area contributed by atoms with Crippen molar-refractivity contribution in [2.75, 3.05) is 12.4 Å². The van der Waals surface area contributed by atoms with Gasteiger partial charge in [-0.2, -0.15) is 0 Å². The van der Waals surface area contributed by atoms with Crippen molar-refractivity contribution in [1.29, 1.82) is 0 Å². The molecule has 0 bridgehead atoms. The zero-order chi connectivity index (χ0) is 13.3. The number of aromatic nitrogens is 1. The second-order valence-electron chi connectivity index (χ2n) is 3.55. The molecule has 0 aliphatic heterocycles. The molecule has 2 rings (SSSR count). The molecule has 2 aromatic rings. The van der Waals surface area contributed by atoms with Crippen LogP contribution in [0.15, 0.2) is 53.7 Å². The highest BCUT2D eigenvalue weighted by Crippen LogP contribution is 2.15. The third-order valence-corrected chi connectivity index (χ3v) is 3.26. The fourth-order valence-electron chi connectivity index (χ4n) is 1.29. The molecular weight excluding hydrogens is 278 g/mol. The molecule has 0 fully saturated rings. The summed E-state index contributed by atoms with van der Waals surface area (Å²) >= 11 is 7.39. The predicted molar refractivity (Wildman–Crippen MR) is 79.7 cm³/mol. The van der Waals surface area contributed by atoms with Crippen LogP contribution in [0.3, 0.4) is 0 Å². The lowest BCUT2D eigenvalue weighted by Crippen LogP contribution is -1.93. The Kier molecular flexibility index (Phi) is 5.61. The molecule has 1 aromatic heterocycles. The second kappa shape index (κ2) is 7.73. The SMILES string of the molecule is Clc1ccc(OCC#CCSc2ccccn2)cc1. The number of benzene rings is 1. The Morgan fingerprint density at radius 2 is 1.95 bits per heavy atom. The van der Waals surface area contributed by atoms with Crippen LogP contribution in [0.2, 0.25) is 5.02 Å². The Morgan fingerprint density at radius 1 is 1.11 bits per heavy atom. The average Bonchev–Trinajstić information content (AvgIpc) is 2.46. The van der Waals surface area contributed by atoms with E-state index in [-0.39, 0.29) is 0 Å². The van der Waals surface area contributed by atoms with Crippen LogP contribution in [0.4, 0.5) is 0 Å². The van der Waals surface area contributed by atoms with Gasteiger partial charge in [-0.15, -0.1) is 0 Å². The van der Waals surface area contributed by atoms with Crippen molar-refractivity contribution in [3.8, 4) is 17.6 Å². The van der Waals surface area contributed by atoms with Crippen LogP contribution in [-0.2, 0) is 0 Å². The highest BCUT2D eigenvalue weighted by Gasteiger charge is 1.92. The van der Waals surface area contributed by atoms with E-state index in [2.05, 4.69) is 16.8 Å². The topological polar surface area (TPSA) is 22.1 Å². The molecule has 0 amide bonds. The molecule has 4 heteroatoms. The number of thioether (sulfide) groups is 1. The van der Waals surface area contributed by atoms with Gasteiger partial charge in [0, 0.05) is 11.2 Å². The fraction of sp³-hybridized carbons (Fsp3) is 0.133. The molecule has 0 aliphatic carbocycles. The monoisotopic (exact) mass is 289 g/mol. The van der Waals surface area contributed by atoms with Crippen molar-refractivity contribution in [2.45, 2.75) is 5.03 Å². The van der Waals surface area contributed by atoms with E-state index in [9.17, 15) is 0 Å². The maximum Gasteiger partial charge on any atom is 0.149 e. The zero-order valence-electron chi connectivity index (χ0n) is 10.2. The molecule has 19 heavy (non-hydrogen) atoms. The summed E-state index contributed by atoms with van der Waals surface area (Å²) in [6, 6.07) is 13.1. The number of hydrogen-bond acceptors (Lipinski definition) is 3. The molecule has 0 saturated carbocycles. The van der Waals surface area contributed by atoms with Crippen molar-refractivity contribution < 1.29 is 4.74 Å². The number of nitrogens with zero attached hydrogens (tertiary/aromatic N) is 1. The van der Waals surface area contributed by atoms with E-state index in [1.807, 2.05) is 30.3 Å². The van der Waals surface area contributed by atoms with Crippen LogP contribution in [0.1, 0.15) is 0 Å². The normalized spacial score (nSPS) is 9.53. The van der Waals surface area contributed by atoms with Gasteiger partial charge in [-0.25, -0.2) is 4.98 Å². The quantitative estimate of drug-likeness (QED) is 0.629. The molecule has 0 N–H and O–H groups in total. The van der Waals surface area contributed by atoms with E-state index in [1.54, 1.807) is 30.1 Å². The van der Waals surface area contributed by atoms with Crippen molar-refractivity contribution in [2.24, 2.45) is 0 Å². The van der Waals surface area contributed by atoms with Gasteiger partial charge in [0.25, 0.3) is 0 Å². The standard InChI is InChI=1S/C15H12ClNOS/c16-13-6-8-14(9-7-13)18-11-3-4-12-19-15-5-1-2-10-17-15/h1-2,5-10H,11-12H2. The molecule has 0 radical (unpaired) electrons. The van der Waals surface area contributed by atoms with Gasteiger partial charge in [-0.1, -0.05) is 41.3 Å². The van der Waals surface area contributed by atoms with Crippen LogP contribution < -0.4 is 4.74 Å². The summed E-state index contributed by atoms with van der Waals surface area (Å²) in [5.74, 6) is 7.49. The van der Waals surface area contributed by atoms with Gasteiger partial charge in [0.05, 0.1) is 10.8 Å². The number of halogens is 1. The maximum absolute atomic E-state index is 5.78. The number of hydrogen-bond donors (Lipinski definition) is 0. The molecule has 96 valence electrons. The third-order valence-electron chi connectivity index (χ3n) is 2.18. The van der Waals surface area contributed by atoms with Crippen LogP contribution in [0, 0.1) is 11.8 Å². The van der Waals surface area contributed by atoms with Crippen LogP contribution in [0.5, 0.6) is 5.75 Å². The number of rotatable bonds is 4. The minimum Gasteiger partial charge on any atom is -0.481 e. The Labute approximate surface area is 122 Å². The molecule has 2 nitrogen and oxygen atoms in total. The molecule has 0 aliphatic rings. The first kappa shape index (κ1) is 13.8. The van der Waals surface area contributed by atoms with Crippen molar-refractivity contribution in [1.82, 2.24) is 4.98 Å². The molecule has 1 heterocycles. The zero-order valence-corrected chi connectivity index (χ0v) is 11.7. The summed E-state index contributed by atoms with van der Waals surface area (Å²) in [5.41, 5.74) is 0. The van der Waals surface area contributed by atoms with Gasteiger partial charge in [-0.05, 0) is 36.4 Å². The third kappa shape index (κ3) is 5.25. The first-order valence-electron chi connectivity index (χ1n) is 5.72. The summed E-state index contributed by atoms with van der Waals surface area (Å²) in [4.78, 5) is 4.20. The van der Waals surface area contributed by atoms with E-state index in [0.717, 1.165) is 10.8 Å².